The van der Waals surface area contributed by atoms with E-state index in [1.54, 1.807) is 13.8 Å². The number of carboxylic acid groups (broad SMARTS) is 1. The van der Waals surface area contributed by atoms with Crippen molar-refractivity contribution in [2.24, 2.45) is 5.92 Å². The second-order valence-electron chi connectivity index (χ2n) is 7.43. The number of carbonyl (C=O) groups is 2. The highest BCUT2D eigenvalue weighted by atomic mass is 16.5. The highest BCUT2D eigenvalue weighted by molar-refractivity contribution is 5.84. The number of hydrogen-bond acceptors (Lipinski definition) is 3. The molecule has 0 spiro atoms. The Labute approximate surface area is 160 Å². The normalized spacial score (nSPS) is 12.5. The minimum Gasteiger partial charge on any atom is -0.484 e. The monoisotopic (exact) mass is 369 g/mol. The Kier molecular flexibility index (Phi) is 6.61. The summed E-state index contributed by atoms with van der Waals surface area (Å²) in [6.45, 7) is 7.57. The van der Waals surface area contributed by atoms with Gasteiger partial charge in [0.05, 0.1) is 0 Å². The van der Waals surface area contributed by atoms with Crippen molar-refractivity contribution >= 4 is 11.9 Å². The quantitative estimate of drug-likeness (QED) is 0.745. The molecule has 0 radical (unpaired) electrons. The summed E-state index contributed by atoms with van der Waals surface area (Å²) in [6.07, 6.45) is 0. The lowest BCUT2D eigenvalue weighted by Crippen LogP contribution is -2.46. The maximum Gasteiger partial charge on any atom is 0.326 e. The maximum absolute atomic E-state index is 11.9. The maximum atomic E-state index is 11.9. The van der Waals surface area contributed by atoms with Crippen molar-refractivity contribution < 1.29 is 19.4 Å². The smallest absolute Gasteiger partial charge is 0.326 e. The number of rotatable bonds is 8. The summed E-state index contributed by atoms with van der Waals surface area (Å²) >= 11 is 0. The number of ether oxygens (including phenoxy) is 1. The Morgan fingerprint density at radius 2 is 1.56 bits per heavy atom. The average molecular weight is 369 g/mol. The number of carbonyl (C=O) groups excluding carboxylic acids is 1. The molecule has 2 rings (SSSR count). The summed E-state index contributed by atoms with van der Waals surface area (Å²) in [4.78, 5) is 23.1. The third-order valence-corrected chi connectivity index (χ3v) is 4.69. The fourth-order valence-corrected chi connectivity index (χ4v) is 2.87. The molecule has 0 aliphatic heterocycles. The van der Waals surface area contributed by atoms with Crippen LogP contribution in [0.3, 0.4) is 0 Å². The molecule has 144 valence electrons. The zero-order chi connectivity index (χ0) is 20.0. The van der Waals surface area contributed by atoms with Gasteiger partial charge in [-0.05, 0) is 29.2 Å². The number of carboxylic acids is 1. The van der Waals surface area contributed by atoms with Gasteiger partial charge in [0.1, 0.15) is 11.8 Å². The molecular formula is C22H27NO4. The Balaban J connectivity index is 1.98. The lowest BCUT2D eigenvalue weighted by atomic mass is 9.78. The third kappa shape index (κ3) is 5.33. The molecule has 0 aromatic heterocycles. The Morgan fingerprint density at radius 1 is 1.00 bits per heavy atom. The fraction of sp³-hybridized carbons (Fsp3) is 0.364. The number of nitrogens with one attached hydrogen (secondary N) is 1. The van der Waals surface area contributed by atoms with Gasteiger partial charge in [0.15, 0.2) is 6.61 Å². The highest BCUT2D eigenvalue weighted by Gasteiger charge is 2.24. The van der Waals surface area contributed by atoms with Crippen LogP contribution in [0.4, 0.5) is 0 Å². The first-order valence-corrected chi connectivity index (χ1v) is 9.03. The van der Waals surface area contributed by atoms with Crippen molar-refractivity contribution in [2.75, 3.05) is 6.61 Å². The van der Waals surface area contributed by atoms with Gasteiger partial charge in [0.25, 0.3) is 5.91 Å². The Bertz CT molecular complexity index is 767. The van der Waals surface area contributed by atoms with E-state index in [1.807, 2.05) is 42.5 Å². The molecule has 2 aromatic carbocycles. The van der Waals surface area contributed by atoms with Crippen LogP contribution in [-0.2, 0) is 15.0 Å². The van der Waals surface area contributed by atoms with Crippen molar-refractivity contribution in [1.82, 2.24) is 5.32 Å². The number of hydrogen-bond donors (Lipinski definition) is 2. The average Bonchev–Trinajstić information content (AvgIpc) is 2.65. The van der Waals surface area contributed by atoms with Crippen LogP contribution in [0.2, 0.25) is 0 Å². The van der Waals surface area contributed by atoms with Gasteiger partial charge in [-0.3, -0.25) is 4.79 Å². The molecule has 0 fully saturated rings. The van der Waals surface area contributed by atoms with E-state index < -0.39 is 17.9 Å². The Morgan fingerprint density at radius 3 is 2.07 bits per heavy atom. The molecule has 2 N–H and O–H groups in total. The lowest BCUT2D eigenvalue weighted by Gasteiger charge is -2.26. The molecule has 0 bridgehead atoms. The molecule has 0 saturated heterocycles. The molecule has 5 heteroatoms. The molecule has 1 amide bonds. The third-order valence-electron chi connectivity index (χ3n) is 4.69. The van der Waals surface area contributed by atoms with Gasteiger partial charge in [0, 0.05) is 5.41 Å². The zero-order valence-electron chi connectivity index (χ0n) is 16.2. The van der Waals surface area contributed by atoms with Crippen LogP contribution >= 0.6 is 0 Å². The zero-order valence-corrected chi connectivity index (χ0v) is 16.2. The minimum atomic E-state index is -1.05. The van der Waals surface area contributed by atoms with Crippen LogP contribution in [-0.4, -0.2) is 29.6 Å². The first kappa shape index (κ1) is 20.5. The van der Waals surface area contributed by atoms with Gasteiger partial charge in [-0.1, -0.05) is 70.2 Å². The van der Waals surface area contributed by atoms with Gasteiger partial charge in [-0.25, -0.2) is 4.79 Å². The SMILES string of the molecule is CC(C)[C@H](NC(=O)COc1ccc(C(C)(C)c2ccccc2)cc1)C(=O)O. The second-order valence-corrected chi connectivity index (χ2v) is 7.43. The van der Waals surface area contributed by atoms with Crippen LogP contribution in [0.25, 0.3) is 0 Å². The van der Waals surface area contributed by atoms with Gasteiger partial charge in [-0.2, -0.15) is 0 Å². The van der Waals surface area contributed by atoms with E-state index >= 15 is 0 Å². The topological polar surface area (TPSA) is 75.6 Å². The van der Waals surface area contributed by atoms with E-state index in [9.17, 15) is 9.59 Å². The minimum absolute atomic E-state index is 0.150. The second kappa shape index (κ2) is 8.71. The van der Waals surface area contributed by atoms with Crippen molar-refractivity contribution in [1.29, 1.82) is 0 Å². The summed E-state index contributed by atoms with van der Waals surface area (Å²) in [5.74, 6) is -1.14. The molecule has 27 heavy (non-hydrogen) atoms. The lowest BCUT2D eigenvalue weighted by molar-refractivity contribution is -0.143. The van der Waals surface area contributed by atoms with Gasteiger partial charge in [0.2, 0.25) is 0 Å². The van der Waals surface area contributed by atoms with Crippen LogP contribution in [0.1, 0.15) is 38.8 Å². The number of benzene rings is 2. The van der Waals surface area contributed by atoms with Crippen LogP contribution in [0.15, 0.2) is 54.6 Å². The largest absolute Gasteiger partial charge is 0.484 e. The van der Waals surface area contributed by atoms with Crippen molar-refractivity contribution in [2.45, 2.75) is 39.2 Å². The van der Waals surface area contributed by atoms with Crippen molar-refractivity contribution in [3.63, 3.8) is 0 Å². The van der Waals surface area contributed by atoms with E-state index in [1.165, 1.54) is 5.56 Å². The summed E-state index contributed by atoms with van der Waals surface area (Å²) in [5.41, 5.74) is 2.20. The van der Waals surface area contributed by atoms with Gasteiger partial charge < -0.3 is 15.2 Å². The molecule has 0 saturated carbocycles. The number of amides is 1. The van der Waals surface area contributed by atoms with Crippen molar-refractivity contribution in [3.8, 4) is 5.75 Å². The van der Waals surface area contributed by atoms with E-state index in [4.69, 9.17) is 9.84 Å². The fourth-order valence-electron chi connectivity index (χ4n) is 2.87. The standard InChI is InChI=1S/C22H27NO4/c1-15(2)20(21(25)26)23-19(24)14-27-18-12-10-17(11-13-18)22(3,4)16-8-6-5-7-9-16/h5-13,15,20H,14H2,1-4H3,(H,23,24)(H,25,26)/t20-/m0/s1. The van der Waals surface area contributed by atoms with Gasteiger partial charge >= 0.3 is 5.97 Å². The first-order chi connectivity index (χ1) is 12.7. The first-order valence-electron chi connectivity index (χ1n) is 9.03. The molecule has 0 aliphatic rings. The van der Waals surface area contributed by atoms with Crippen LogP contribution < -0.4 is 10.1 Å². The summed E-state index contributed by atoms with van der Waals surface area (Å²) in [7, 11) is 0. The van der Waals surface area contributed by atoms with Crippen LogP contribution in [0, 0.1) is 5.92 Å². The Hall–Kier alpha value is -2.82. The molecule has 0 unspecified atom stereocenters. The predicted octanol–water partition coefficient (Wildman–Crippen LogP) is 3.62. The predicted molar refractivity (Wildman–Crippen MR) is 105 cm³/mol. The molecule has 5 nitrogen and oxygen atoms in total. The summed E-state index contributed by atoms with van der Waals surface area (Å²) in [6, 6.07) is 16.9. The number of aliphatic carboxylic acids is 1. The van der Waals surface area contributed by atoms with Crippen LogP contribution in [0.5, 0.6) is 5.75 Å². The molecule has 1 atom stereocenters. The molecule has 0 heterocycles. The molecular weight excluding hydrogens is 342 g/mol. The molecule has 0 aliphatic carbocycles. The summed E-state index contributed by atoms with van der Waals surface area (Å²) < 4.78 is 5.50. The highest BCUT2D eigenvalue weighted by Crippen LogP contribution is 2.32. The van der Waals surface area contributed by atoms with E-state index in [2.05, 4.69) is 31.3 Å². The summed E-state index contributed by atoms with van der Waals surface area (Å²) in [5, 5.41) is 11.6. The van der Waals surface area contributed by atoms with Crippen molar-refractivity contribution in [3.05, 3.63) is 65.7 Å². The van der Waals surface area contributed by atoms with E-state index in [0.29, 0.717) is 5.75 Å². The van der Waals surface area contributed by atoms with E-state index in [-0.39, 0.29) is 17.9 Å². The molecule has 2 aromatic rings. The van der Waals surface area contributed by atoms with Gasteiger partial charge in [-0.15, -0.1) is 0 Å². The van der Waals surface area contributed by atoms with E-state index in [0.717, 1.165) is 5.56 Å².